The maximum atomic E-state index is 12.4. The molecule has 0 spiro atoms. The summed E-state index contributed by atoms with van der Waals surface area (Å²) in [5.74, 6) is 0.708. The van der Waals surface area contributed by atoms with Crippen LogP contribution in [0.1, 0.15) is 43.6 Å². The van der Waals surface area contributed by atoms with Gasteiger partial charge in [0.25, 0.3) is 0 Å². The van der Waals surface area contributed by atoms with Gasteiger partial charge >= 0.3 is 0 Å². The zero-order valence-corrected chi connectivity index (χ0v) is 14.4. The van der Waals surface area contributed by atoms with E-state index in [1.165, 1.54) is 18.4 Å². The van der Waals surface area contributed by atoms with Gasteiger partial charge in [0, 0.05) is 16.9 Å². The normalized spacial score (nSPS) is 26.0. The summed E-state index contributed by atoms with van der Waals surface area (Å²) in [6.07, 6.45) is 5.38. The van der Waals surface area contributed by atoms with Crippen molar-refractivity contribution in [3.05, 3.63) is 34.3 Å². The molecule has 3 rings (SSSR count). The molecule has 2 atom stereocenters. The summed E-state index contributed by atoms with van der Waals surface area (Å²) < 4.78 is 1.08. The van der Waals surface area contributed by atoms with Gasteiger partial charge in [-0.05, 0) is 42.9 Å². The Labute approximate surface area is 140 Å². The summed E-state index contributed by atoms with van der Waals surface area (Å²) in [4.78, 5) is 12.4. The molecule has 5 heteroatoms. The fraction of sp³-hybridized carbons (Fsp3) is 0.562. The van der Waals surface area contributed by atoms with Crippen LogP contribution in [0.4, 0.5) is 0 Å². The van der Waals surface area contributed by atoms with Crippen molar-refractivity contribution in [3.63, 3.8) is 0 Å². The van der Waals surface area contributed by atoms with E-state index >= 15 is 0 Å². The lowest BCUT2D eigenvalue weighted by atomic mass is 9.97. The van der Waals surface area contributed by atoms with E-state index in [1.807, 2.05) is 12.1 Å². The van der Waals surface area contributed by atoms with Crippen molar-refractivity contribution in [1.29, 1.82) is 0 Å². The van der Waals surface area contributed by atoms with Crippen molar-refractivity contribution in [1.82, 2.24) is 5.32 Å². The van der Waals surface area contributed by atoms with E-state index < -0.39 is 0 Å². The predicted molar refractivity (Wildman–Crippen MR) is 90.6 cm³/mol. The largest absolute Gasteiger partial charge is 0.349 e. The Morgan fingerprint density at radius 1 is 1.38 bits per heavy atom. The SMILES string of the molecule is Cl.NCC1(NC(=O)C2CC2c2cccc(Br)c2)CCCC1. The number of carbonyl (C=O) groups excluding carboxylic acids is 1. The van der Waals surface area contributed by atoms with Gasteiger partial charge in [0.2, 0.25) is 5.91 Å². The molecule has 2 saturated carbocycles. The summed E-state index contributed by atoms with van der Waals surface area (Å²) >= 11 is 3.49. The third-order valence-electron chi connectivity index (χ3n) is 4.74. The summed E-state index contributed by atoms with van der Waals surface area (Å²) in [5, 5.41) is 3.24. The molecule has 1 aromatic rings. The number of nitrogens with two attached hydrogens (primary N) is 1. The van der Waals surface area contributed by atoms with Crippen molar-refractivity contribution >= 4 is 34.2 Å². The fourth-order valence-electron chi connectivity index (χ4n) is 3.38. The molecule has 0 bridgehead atoms. The number of carbonyl (C=O) groups is 1. The molecule has 3 N–H and O–H groups in total. The molecule has 21 heavy (non-hydrogen) atoms. The first-order valence-electron chi connectivity index (χ1n) is 7.41. The predicted octanol–water partition coefficient (Wildman–Crippen LogP) is 3.36. The third-order valence-corrected chi connectivity index (χ3v) is 5.24. The lowest BCUT2D eigenvalue weighted by Gasteiger charge is -2.28. The van der Waals surface area contributed by atoms with E-state index in [9.17, 15) is 4.79 Å². The van der Waals surface area contributed by atoms with Crippen LogP contribution in [0, 0.1) is 5.92 Å². The molecular weight excluding hydrogens is 352 g/mol. The second-order valence-electron chi connectivity index (χ2n) is 6.18. The topological polar surface area (TPSA) is 55.1 Å². The smallest absolute Gasteiger partial charge is 0.224 e. The average molecular weight is 374 g/mol. The van der Waals surface area contributed by atoms with E-state index in [0.717, 1.165) is 23.7 Å². The lowest BCUT2D eigenvalue weighted by molar-refractivity contribution is -0.124. The highest BCUT2D eigenvalue weighted by Gasteiger charge is 2.46. The quantitative estimate of drug-likeness (QED) is 0.850. The summed E-state index contributed by atoms with van der Waals surface area (Å²) in [6.45, 7) is 0.563. The van der Waals surface area contributed by atoms with E-state index in [-0.39, 0.29) is 29.8 Å². The highest BCUT2D eigenvalue weighted by Crippen LogP contribution is 2.48. The molecule has 2 fully saturated rings. The van der Waals surface area contributed by atoms with E-state index in [1.54, 1.807) is 0 Å². The van der Waals surface area contributed by atoms with Crippen LogP contribution >= 0.6 is 28.3 Å². The zero-order valence-electron chi connectivity index (χ0n) is 12.0. The van der Waals surface area contributed by atoms with Gasteiger partial charge in [-0.3, -0.25) is 4.79 Å². The van der Waals surface area contributed by atoms with Crippen molar-refractivity contribution in [3.8, 4) is 0 Å². The molecule has 0 radical (unpaired) electrons. The van der Waals surface area contributed by atoms with Crippen molar-refractivity contribution < 1.29 is 4.79 Å². The van der Waals surface area contributed by atoms with Gasteiger partial charge < -0.3 is 11.1 Å². The summed E-state index contributed by atoms with van der Waals surface area (Å²) in [7, 11) is 0. The maximum absolute atomic E-state index is 12.4. The first-order chi connectivity index (χ1) is 9.63. The van der Waals surface area contributed by atoms with Crippen LogP contribution in [0.5, 0.6) is 0 Å². The number of hydrogen-bond acceptors (Lipinski definition) is 2. The van der Waals surface area contributed by atoms with Crippen molar-refractivity contribution in [2.75, 3.05) is 6.54 Å². The first-order valence-corrected chi connectivity index (χ1v) is 8.20. The second kappa shape index (κ2) is 6.67. The van der Waals surface area contributed by atoms with Gasteiger partial charge in [-0.1, -0.05) is 40.9 Å². The van der Waals surface area contributed by atoms with Crippen LogP contribution in [0.3, 0.4) is 0 Å². The fourth-order valence-corrected chi connectivity index (χ4v) is 3.79. The monoisotopic (exact) mass is 372 g/mol. The molecule has 1 amide bonds. The molecule has 2 unspecified atom stereocenters. The molecular formula is C16H22BrClN2O. The van der Waals surface area contributed by atoms with Crippen LogP contribution in [0.25, 0.3) is 0 Å². The number of hydrogen-bond donors (Lipinski definition) is 2. The van der Waals surface area contributed by atoms with Gasteiger partial charge in [-0.2, -0.15) is 0 Å². The molecule has 0 heterocycles. The number of halogens is 2. The highest BCUT2D eigenvalue weighted by atomic mass is 79.9. The highest BCUT2D eigenvalue weighted by molar-refractivity contribution is 9.10. The van der Waals surface area contributed by atoms with Gasteiger partial charge in [0.15, 0.2) is 0 Å². The minimum atomic E-state index is -0.124. The Hall–Kier alpha value is -0.580. The Kier molecular flexibility index (Phi) is 5.33. The molecule has 0 saturated heterocycles. The maximum Gasteiger partial charge on any atom is 0.224 e. The zero-order chi connectivity index (χ0) is 14.2. The van der Waals surface area contributed by atoms with Crippen LogP contribution in [-0.2, 0) is 4.79 Å². The number of benzene rings is 1. The third kappa shape index (κ3) is 3.61. The van der Waals surface area contributed by atoms with Gasteiger partial charge in [0.1, 0.15) is 0 Å². The lowest BCUT2D eigenvalue weighted by Crippen LogP contribution is -2.52. The molecule has 1 aromatic carbocycles. The Morgan fingerprint density at radius 2 is 2.10 bits per heavy atom. The number of rotatable bonds is 4. The first kappa shape index (κ1) is 16.8. The second-order valence-corrected chi connectivity index (χ2v) is 7.10. The van der Waals surface area contributed by atoms with Gasteiger partial charge in [-0.15, -0.1) is 12.4 Å². The number of nitrogens with one attached hydrogen (secondary N) is 1. The minimum Gasteiger partial charge on any atom is -0.349 e. The van der Waals surface area contributed by atoms with E-state index in [0.29, 0.717) is 12.5 Å². The Morgan fingerprint density at radius 3 is 2.71 bits per heavy atom. The number of amides is 1. The van der Waals surface area contributed by atoms with Gasteiger partial charge in [0.05, 0.1) is 5.54 Å². The van der Waals surface area contributed by atoms with Gasteiger partial charge in [-0.25, -0.2) is 0 Å². The van der Waals surface area contributed by atoms with E-state index in [2.05, 4.69) is 33.4 Å². The molecule has 3 nitrogen and oxygen atoms in total. The summed E-state index contributed by atoms with van der Waals surface area (Å²) in [6, 6.07) is 8.27. The Bertz CT molecular complexity index is 517. The molecule has 2 aliphatic carbocycles. The molecule has 116 valence electrons. The molecule has 2 aliphatic rings. The average Bonchev–Trinajstić information content (AvgIpc) is 3.13. The minimum absolute atomic E-state index is 0. The van der Waals surface area contributed by atoms with Crippen molar-refractivity contribution in [2.24, 2.45) is 11.7 Å². The van der Waals surface area contributed by atoms with Crippen LogP contribution < -0.4 is 11.1 Å². The standard InChI is InChI=1S/C16H21BrN2O.ClH/c17-12-5-3-4-11(8-12)13-9-14(13)15(20)19-16(10-18)6-1-2-7-16;/h3-5,8,13-14H,1-2,6-7,9-10,18H2,(H,19,20);1H. The van der Waals surface area contributed by atoms with Crippen LogP contribution in [-0.4, -0.2) is 18.0 Å². The van der Waals surface area contributed by atoms with Crippen LogP contribution in [0.15, 0.2) is 28.7 Å². The van der Waals surface area contributed by atoms with E-state index in [4.69, 9.17) is 5.73 Å². The van der Waals surface area contributed by atoms with Crippen molar-refractivity contribution in [2.45, 2.75) is 43.6 Å². The molecule has 0 aliphatic heterocycles. The summed E-state index contributed by atoms with van der Waals surface area (Å²) in [5.41, 5.74) is 7.02. The Balaban J connectivity index is 0.00000161. The molecule has 0 aromatic heterocycles. The van der Waals surface area contributed by atoms with Crippen LogP contribution in [0.2, 0.25) is 0 Å².